The summed E-state index contributed by atoms with van der Waals surface area (Å²) in [5.41, 5.74) is 4.18. The molecule has 4 aromatic rings. The summed E-state index contributed by atoms with van der Waals surface area (Å²) in [6, 6.07) is 16.7. The van der Waals surface area contributed by atoms with Crippen LogP contribution in [0.3, 0.4) is 0 Å². The molecule has 3 heterocycles. The van der Waals surface area contributed by atoms with E-state index in [1.54, 1.807) is 0 Å². The Labute approximate surface area is 150 Å². The largest absolute Gasteiger partial charge is 0.423 e. The second-order valence-corrected chi connectivity index (χ2v) is 6.47. The van der Waals surface area contributed by atoms with Gasteiger partial charge in [0, 0.05) is 19.4 Å². The van der Waals surface area contributed by atoms with Crippen molar-refractivity contribution in [1.82, 2.24) is 15.2 Å². The van der Waals surface area contributed by atoms with Crippen molar-refractivity contribution >= 4 is 17.1 Å². The molecule has 2 aromatic carbocycles. The molecule has 0 fully saturated rings. The molecular weight excluding hydrogens is 328 g/mol. The lowest BCUT2D eigenvalue weighted by atomic mass is 9.94. The van der Waals surface area contributed by atoms with Gasteiger partial charge in [-0.2, -0.15) is 4.98 Å². The summed E-state index contributed by atoms with van der Waals surface area (Å²) in [6.07, 6.45) is 1.50. The van der Waals surface area contributed by atoms with E-state index in [0.29, 0.717) is 24.3 Å². The minimum absolute atomic E-state index is 0.0919. The molecule has 0 radical (unpaired) electrons. The van der Waals surface area contributed by atoms with E-state index in [1.807, 2.05) is 31.2 Å². The molecule has 0 amide bonds. The van der Waals surface area contributed by atoms with Crippen LogP contribution in [0, 0.1) is 0 Å². The van der Waals surface area contributed by atoms with Gasteiger partial charge in [0.05, 0.1) is 0 Å². The molecule has 130 valence electrons. The van der Waals surface area contributed by atoms with E-state index in [0.717, 1.165) is 23.9 Å². The quantitative estimate of drug-likeness (QED) is 0.557. The maximum Gasteiger partial charge on any atom is 0.299 e. The Morgan fingerprint density at radius 2 is 1.81 bits per heavy atom. The minimum atomic E-state index is -0.0919. The van der Waals surface area contributed by atoms with Gasteiger partial charge in [-0.25, -0.2) is 0 Å². The van der Waals surface area contributed by atoms with E-state index in [2.05, 4.69) is 44.3 Å². The summed E-state index contributed by atoms with van der Waals surface area (Å²) in [5, 5.41) is 8.43. The molecule has 1 aliphatic heterocycles. The molecule has 6 nitrogen and oxygen atoms in total. The fourth-order valence-electron chi connectivity index (χ4n) is 3.47. The lowest BCUT2D eigenvalue weighted by molar-refractivity contribution is 0.383. The standard InChI is InChI=1S/C20H18N4O2/c1-2-18-22-23-19(26-18)16-11-13-7-3-4-8-14(13)12-24(16)20-21-15-9-5-6-10-17(15)25-20/h3-10,16H,2,11-12H2,1H3/t16-/m0/s1. The lowest BCUT2D eigenvalue weighted by Gasteiger charge is -2.33. The molecule has 6 heteroatoms. The van der Waals surface area contributed by atoms with Crippen molar-refractivity contribution in [2.75, 3.05) is 4.90 Å². The average molecular weight is 346 g/mol. The first-order valence-electron chi connectivity index (χ1n) is 8.83. The summed E-state index contributed by atoms with van der Waals surface area (Å²) in [5.74, 6) is 1.26. The van der Waals surface area contributed by atoms with Crippen LogP contribution in [-0.4, -0.2) is 15.2 Å². The van der Waals surface area contributed by atoms with Gasteiger partial charge in [-0.1, -0.05) is 43.3 Å². The second kappa shape index (κ2) is 5.98. The van der Waals surface area contributed by atoms with Gasteiger partial charge in [0.1, 0.15) is 11.6 Å². The van der Waals surface area contributed by atoms with Gasteiger partial charge in [-0.15, -0.1) is 10.2 Å². The van der Waals surface area contributed by atoms with Crippen molar-refractivity contribution in [3.8, 4) is 0 Å². The second-order valence-electron chi connectivity index (χ2n) is 6.47. The van der Waals surface area contributed by atoms with E-state index >= 15 is 0 Å². The maximum atomic E-state index is 6.03. The average Bonchev–Trinajstić information content (AvgIpc) is 3.33. The van der Waals surface area contributed by atoms with Crippen LogP contribution in [0.4, 0.5) is 6.01 Å². The fraction of sp³-hybridized carbons (Fsp3) is 0.250. The number of oxazole rings is 1. The summed E-state index contributed by atoms with van der Waals surface area (Å²) < 4.78 is 11.9. The number of para-hydroxylation sites is 2. The van der Waals surface area contributed by atoms with E-state index in [9.17, 15) is 0 Å². The summed E-state index contributed by atoms with van der Waals surface area (Å²) >= 11 is 0. The van der Waals surface area contributed by atoms with Crippen LogP contribution < -0.4 is 4.90 Å². The van der Waals surface area contributed by atoms with Crippen LogP contribution in [0.1, 0.15) is 35.9 Å². The van der Waals surface area contributed by atoms with Gasteiger partial charge in [0.2, 0.25) is 11.8 Å². The molecule has 0 spiro atoms. The predicted octanol–water partition coefficient (Wildman–Crippen LogP) is 4.08. The molecule has 0 aliphatic carbocycles. The third kappa shape index (κ3) is 2.45. The highest BCUT2D eigenvalue weighted by molar-refractivity contribution is 5.74. The highest BCUT2D eigenvalue weighted by atomic mass is 16.4. The van der Waals surface area contributed by atoms with Gasteiger partial charge >= 0.3 is 0 Å². The van der Waals surface area contributed by atoms with Gasteiger partial charge in [0.15, 0.2) is 5.58 Å². The van der Waals surface area contributed by atoms with Crippen molar-refractivity contribution in [2.24, 2.45) is 0 Å². The predicted molar refractivity (Wildman–Crippen MR) is 96.8 cm³/mol. The number of anilines is 1. The third-order valence-electron chi connectivity index (χ3n) is 4.85. The number of aryl methyl sites for hydroxylation is 1. The van der Waals surface area contributed by atoms with E-state index < -0.39 is 0 Å². The number of aromatic nitrogens is 3. The highest BCUT2D eigenvalue weighted by Gasteiger charge is 2.34. The van der Waals surface area contributed by atoms with Crippen LogP contribution in [0.5, 0.6) is 0 Å². The van der Waals surface area contributed by atoms with Crippen molar-refractivity contribution < 1.29 is 8.83 Å². The Morgan fingerprint density at radius 1 is 1.00 bits per heavy atom. The Bertz CT molecular complexity index is 1040. The molecule has 0 saturated heterocycles. The van der Waals surface area contributed by atoms with Crippen LogP contribution in [-0.2, 0) is 19.4 Å². The normalized spacial score (nSPS) is 16.8. The zero-order valence-corrected chi connectivity index (χ0v) is 14.4. The molecule has 2 aromatic heterocycles. The topological polar surface area (TPSA) is 68.2 Å². The zero-order valence-electron chi connectivity index (χ0n) is 14.4. The van der Waals surface area contributed by atoms with E-state index in [-0.39, 0.29) is 6.04 Å². The number of nitrogens with zero attached hydrogens (tertiary/aromatic N) is 4. The molecule has 0 saturated carbocycles. The van der Waals surface area contributed by atoms with E-state index in [4.69, 9.17) is 8.83 Å². The zero-order chi connectivity index (χ0) is 17.5. The number of fused-ring (bicyclic) bond motifs is 2. The SMILES string of the molecule is CCc1nnc([C@@H]2Cc3ccccc3CN2c2nc3ccccc3o2)o1. The summed E-state index contributed by atoms with van der Waals surface area (Å²) in [6.45, 7) is 2.70. The Morgan fingerprint density at radius 3 is 2.62 bits per heavy atom. The summed E-state index contributed by atoms with van der Waals surface area (Å²) in [4.78, 5) is 6.80. The van der Waals surface area contributed by atoms with Gasteiger partial charge in [-0.3, -0.25) is 0 Å². The van der Waals surface area contributed by atoms with Gasteiger partial charge < -0.3 is 13.7 Å². The molecular formula is C20H18N4O2. The fourth-order valence-corrected chi connectivity index (χ4v) is 3.47. The molecule has 0 bridgehead atoms. The van der Waals surface area contributed by atoms with Crippen molar-refractivity contribution in [3.63, 3.8) is 0 Å². The first-order valence-corrected chi connectivity index (χ1v) is 8.83. The number of hydrogen-bond donors (Lipinski definition) is 0. The first kappa shape index (κ1) is 15.1. The third-order valence-corrected chi connectivity index (χ3v) is 4.85. The van der Waals surface area contributed by atoms with Gasteiger partial charge in [-0.05, 0) is 23.3 Å². The number of benzene rings is 2. The molecule has 0 unspecified atom stereocenters. The van der Waals surface area contributed by atoms with Crippen LogP contribution in [0.2, 0.25) is 0 Å². The maximum absolute atomic E-state index is 6.03. The Balaban J connectivity index is 1.61. The Kier molecular flexibility index (Phi) is 3.48. The molecule has 26 heavy (non-hydrogen) atoms. The van der Waals surface area contributed by atoms with Crippen molar-refractivity contribution in [3.05, 3.63) is 71.4 Å². The van der Waals surface area contributed by atoms with Crippen LogP contribution in [0.25, 0.3) is 11.1 Å². The number of rotatable bonds is 3. The molecule has 1 aliphatic rings. The van der Waals surface area contributed by atoms with E-state index in [1.165, 1.54) is 11.1 Å². The molecule has 5 rings (SSSR count). The Hall–Kier alpha value is -3.15. The van der Waals surface area contributed by atoms with Crippen molar-refractivity contribution in [2.45, 2.75) is 32.4 Å². The molecule has 0 N–H and O–H groups in total. The smallest absolute Gasteiger partial charge is 0.299 e. The van der Waals surface area contributed by atoms with Crippen LogP contribution >= 0.6 is 0 Å². The van der Waals surface area contributed by atoms with Gasteiger partial charge in [0.25, 0.3) is 6.01 Å². The highest BCUT2D eigenvalue weighted by Crippen LogP contribution is 2.37. The lowest BCUT2D eigenvalue weighted by Crippen LogP contribution is -2.34. The van der Waals surface area contributed by atoms with Crippen molar-refractivity contribution in [1.29, 1.82) is 0 Å². The molecule has 1 atom stereocenters. The monoisotopic (exact) mass is 346 g/mol. The minimum Gasteiger partial charge on any atom is -0.423 e. The summed E-state index contributed by atoms with van der Waals surface area (Å²) in [7, 11) is 0. The van der Waals surface area contributed by atoms with Crippen LogP contribution in [0.15, 0.2) is 57.4 Å². The first-order chi connectivity index (χ1) is 12.8. The number of hydrogen-bond acceptors (Lipinski definition) is 6.